The van der Waals surface area contributed by atoms with E-state index in [4.69, 9.17) is 19.2 Å². The molecule has 0 amide bonds. The van der Waals surface area contributed by atoms with Crippen LogP contribution in [0.3, 0.4) is 0 Å². The molecule has 206 valence electrons. The lowest BCUT2D eigenvalue weighted by Crippen LogP contribution is -2.40. The molecule has 0 N–H and O–H groups in total. The normalized spacial score (nSPS) is 15.2. The lowest BCUT2D eigenvalue weighted by Gasteiger charge is -2.26. The first-order valence-corrected chi connectivity index (χ1v) is 14.3. The predicted molar refractivity (Wildman–Crippen MR) is 158 cm³/mol. The average Bonchev–Trinajstić information content (AvgIpc) is 3.23. The van der Waals surface area contributed by atoms with Gasteiger partial charge < -0.3 is 14.2 Å². The number of fused-ring (bicyclic) bond motifs is 2. The summed E-state index contributed by atoms with van der Waals surface area (Å²) in [5, 5.41) is 1.96. The van der Waals surface area contributed by atoms with Crippen LogP contribution >= 0.6 is 11.3 Å². The van der Waals surface area contributed by atoms with Crippen molar-refractivity contribution in [1.29, 1.82) is 0 Å². The minimum absolute atomic E-state index is 0.0963. The van der Waals surface area contributed by atoms with Crippen molar-refractivity contribution in [3.63, 3.8) is 0 Å². The van der Waals surface area contributed by atoms with E-state index in [1.54, 1.807) is 18.4 Å². The van der Waals surface area contributed by atoms with E-state index < -0.39 is 12.0 Å². The first-order valence-electron chi connectivity index (χ1n) is 13.4. The maximum atomic E-state index is 14.1. The number of benzene rings is 3. The largest absolute Gasteiger partial charge is 0.493 e. The topological polar surface area (TPSA) is 79.1 Å². The van der Waals surface area contributed by atoms with E-state index in [1.807, 2.05) is 87.5 Å². The molecule has 1 aromatic heterocycles. The summed E-state index contributed by atoms with van der Waals surface area (Å²) in [5.41, 5.74) is 2.20. The Morgan fingerprint density at radius 3 is 2.45 bits per heavy atom. The van der Waals surface area contributed by atoms with E-state index >= 15 is 0 Å². The summed E-state index contributed by atoms with van der Waals surface area (Å²) in [6, 6.07) is 18.6. The van der Waals surface area contributed by atoms with Crippen molar-refractivity contribution in [1.82, 2.24) is 4.57 Å². The number of nitrogens with zero attached hydrogens (tertiary/aromatic N) is 2. The number of hydrogen-bond acceptors (Lipinski definition) is 7. The van der Waals surface area contributed by atoms with Crippen LogP contribution in [-0.2, 0) is 9.53 Å². The van der Waals surface area contributed by atoms with Gasteiger partial charge in [0, 0.05) is 10.9 Å². The Morgan fingerprint density at radius 1 is 1.00 bits per heavy atom. The number of para-hydroxylation sites is 1. The molecule has 1 aliphatic rings. The number of allylic oxidation sites excluding steroid dienone is 1. The average molecular weight is 557 g/mol. The monoisotopic (exact) mass is 556 g/mol. The minimum Gasteiger partial charge on any atom is -0.493 e. The molecule has 2 heterocycles. The van der Waals surface area contributed by atoms with Gasteiger partial charge in [-0.2, -0.15) is 0 Å². The molecule has 0 saturated heterocycles. The highest BCUT2D eigenvalue weighted by molar-refractivity contribution is 7.07. The molecule has 7 nitrogen and oxygen atoms in total. The third-order valence-electron chi connectivity index (χ3n) is 6.60. The first-order chi connectivity index (χ1) is 19.3. The number of hydrogen-bond donors (Lipinski definition) is 0. The molecule has 40 heavy (non-hydrogen) atoms. The van der Waals surface area contributed by atoms with Gasteiger partial charge in [-0.3, -0.25) is 9.36 Å². The van der Waals surface area contributed by atoms with E-state index in [0.29, 0.717) is 38.5 Å². The van der Waals surface area contributed by atoms with E-state index in [-0.39, 0.29) is 18.3 Å². The Labute approximate surface area is 236 Å². The summed E-state index contributed by atoms with van der Waals surface area (Å²) in [6.07, 6.45) is 1.79. The van der Waals surface area contributed by atoms with Gasteiger partial charge in [0.2, 0.25) is 0 Å². The molecule has 0 saturated carbocycles. The highest BCUT2D eigenvalue weighted by Crippen LogP contribution is 2.36. The maximum Gasteiger partial charge on any atom is 0.338 e. The zero-order chi connectivity index (χ0) is 28.4. The van der Waals surface area contributed by atoms with E-state index in [2.05, 4.69) is 0 Å². The van der Waals surface area contributed by atoms with Crippen LogP contribution < -0.4 is 24.4 Å². The van der Waals surface area contributed by atoms with Gasteiger partial charge in [-0.25, -0.2) is 9.79 Å². The lowest BCUT2D eigenvalue weighted by molar-refractivity contribution is -0.139. The third kappa shape index (κ3) is 5.07. The molecular formula is C32H32N2O5S. The second-order valence-electron chi connectivity index (χ2n) is 9.64. The Kier molecular flexibility index (Phi) is 7.89. The zero-order valence-corrected chi connectivity index (χ0v) is 24.1. The zero-order valence-electron chi connectivity index (χ0n) is 23.3. The fourth-order valence-electron chi connectivity index (χ4n) is 5.00. The number of esters is 1. The van der Waals surface area contributed by atoms with Crippen LogP contribution in [-0.4, -0.2) is 29.9 Å². The van der Waals surface area contributed by atoms with Crippen molar-refractivity contribution in [3.05, 3.63) is 103 Å². The van der Waals surface area contributed by atoms with Crippen LogP contribution in [0.15, 0.2) is 81.7 Å². The number of rotatable bonds is 8. The molecule has 1 aliphatic heterocycles. The van der Waals surface area contributed by atoms with E-state index in [9.17, 15) is 9.59 Å². The van der Waals surface area contributed by atoms with Gasteiger partial charge in [-0.05, 0) is 63.8 Å². The smallest absolute Gasteiger partial charge is 0.338 e. The highest BCUT2D eigenvalue weighted by Gasteiger charge is 2.35. The molecule has 5 rings (SSSR count). The Morgan fingerprint density at radius 2 is 1.73 bits per heavy atom. The third-order valence-corrected chi connectivity index (χ3v) is 7.58. The molecule has 0 fully saturated rings. The van der Waals surface area contributed by atoms with Crippen molar-refractivity contribution >= 4 is 34.2 Å². The second-order valence-corrected chi connectivity index (χ2v) is 10.6. The quantitative estimate of drug-likeness (QED) is 0.281. The SMILES string of the molecule is CCOC(=O)C1=C(C)N=c2sc(=Cc3ccc(OCC)c4ccccc34)c(=O)n2C1c1ccccc1OC(C)C. The Balaban J connectivity index is 1.75. The van der Waals surface area contributed by atoms with Crippen molar-refractivity contribution < 1.29 is 19.0 Å². The summed E-state index contributed by atoms with van der Waals surface area (Å²) in [6.45, 7) is 10.1. The van der Waals surface area contributed by atoms with Crippen molar-refractivity contribution in [3.8, 4) is 11.5 Å². The summed E-state index contributed by atoms with van der Waals surface area (Å²) in [7, 11) is 0. The standard InChI is InChI=1S/C32H32N2O5S/c1-6-37-25-17-16-21(22-12-8-9-13-23(22)25)18-27-30(35)34-29(24-14-10-11-15-26(24)39-19(3)4)28(31(36)38-7-2)20(5)33-32(34)40-27/h8-19,29H,6-7H2,1-5H3. The highest BCUT2D eigenvalue weighted by atomic mass is 32.1. The minimum atomic E-state index is -0.746. The summed E-state index contributed by atoms with van der Waals surface area (Å²) in [4.78, 5) is 32.6. The molecule has 4 aromatic rings. The molecular weight excluding hydrogens is 524 g/mol. The predicted octanol–water partition coefficient (Wildman–Crippen LogP) is 5.14. The van der Waals surface area contributed by atoms with E-state index in [1.165, 1.54) is 11.3 Å². The van der Waals surface area contributed by atoms with Crippen LogP contribution in [0.25, 0.3) is 16.8 Å². The number of aromatic nitrogens is 1. The Hall–Kier alpha value is -4.17. The lowest BCUT2D eigenvalue weighted by atomic mass is 9.95. The molecule has 8 heteroatoms. The van der Waals surface area contributed by atoms with Gasteiger partial charge in [0.1, 0.15) is 17.5 Å². The van der Waals surface area contributed by atoms with Crippen molar-refractivity contribution in [2.24, 2.45) is 4.99 Å². The van der Waals surface area contributed by atoms with Crippen LogP contribution in [0, 0.1) is 0 Å². The molecule has 0 spiro atoms. The van der Waals surface area contributed by atoms with Crippen molar-refractivity contribution in [2.75, 3.05) is 13.2 Å². The van der Waals surface area contributed by atoms with Crippen molar-refractivity contribution in [2.45, 2.75) is 46.8 Å². The van der Waals surface area contributed by atoms with Crippen LogP contribution in [0.2, 0.25) is 0 Å². The second kappa shape index (κ2) is 11.5. The molecule has 1 unspecified atom stereocenters. The number of ether oxygens (including phenoxy) is 3. The van der Waals surface area contributed by atoms with Crippen LogP contribution in [0.1, 0.15) is 51.8 Å². The first kappa shape index (κ1) is 27.4. The van der Waals surface area contributed by atoms with Gasteiger partial charge in [-0.1, -0.05) is 59.9 Å². The Bertz CT molecular complexity index is 1800. The molecule has 3 aromatic carbocycles. The molecule has 1 atom stereocenters. The molecule has 0 bridgehead atoms. The van der Waals surface area contributed by atoms with Gasteiger partial charge >= 0.3 is 5.97 Å². The molecule has 0 radical (unpaired) electrons. The molecule has 0 aliphatic carbocycles. The number of carbonyl (C=O) groups excluding carboxylic acids is 1. The van der Waals surface area contributed by atoms with Gasteiger partial charge in [0.15, 0.2) is 4.80 Å². The van der Waals surface area contributed by atoms with Crippen LogP contribution in [0.4, 0.5) is 0 Å². The summed E-state index contributed by atoms with van der Waals surface area (Å²) in [5.74, 6) is 0.902. The fourth-order valence-corrected chi connectivity index (χ4v) is 6.03. The summed E-state index contributed by atoms with van der Waals surface area (Å²) >= 11 is 1.30. The number of carbonyl (C=O) groups is 1. The van der Waals surface area contributed by atoms with Gasteiger partial charge in [-0.15, -0.1) is 0 Å². The summed E-state index contributed by atoms with van der Waals surface area (Å²) < 4.78 is 19.5. The fraction of sp³-hybridized carbons (Fsp3) is 0.281. The number of thiazole rings is 1. The van der Waals surface area contributed by atoms with Gasteiger partial charge in [0.05, 0.1) is 35.1 Å². The maximum absolute atomic E-state index is 14.1. The van der Waals surface area contributed by atoms with Gasteiger partial charge in [0.25, 0.3) is 5.56 Å². The van der Waals surface area contributed by atoms with Crippen LogP contribution in [0.5, 0.6) is 11.5 Å². The van der Waals surface area contributed by atoms with E-state index in [0.717, 1.165) is 22.1 Å².